The van der Waals surface area contributed by atoms with Gasteiger partial charge in [0.05, 0.1) is 6.61 Å². The van der Waals surface area contributed by atoms with Crippen molar-refractivity contribution in [2.75, 3.05) is 24.6 Å². The summed E-state index contributed by atoms with van der Waals surface area (Å²) in [5.41, 5.74) is 0.312. The second-order valence-corrected chi connectivity index (χ2v) is 2.81. The Labute approximate surface area is 88.3 Å². The lowest BCUT2D eigenvalue weighted by Gasteiger charge is -2.19. The van der Waals surface area contributed by atoms with E-state index in [1.165, 1.54) is 12.3 Å². The summed E-state index contributed by atoms with van der Waals surface area (Å²) in [7, 11) is 0. The fourth-order valence-corrected chi connectivity index (χ4v) is 1.11. The van der Waals surface area contributed by atoms with Crippen LogP contribution in [-0.2, 0) is 0 Å². The van der Waals surface area contributed by atoms with Crippen LogP contribution in [0.5, 0.6) is 0 Å². The van der Waals surface area contributed by atoms with Crippen LogP contribution in [0.25, 0.3) is 0 Å². The van der Waals surface area contributed by atoms with Gasteiger partial charge in [0, 0.05) is 19.3 Å². The van der Waals surface area contributed by atoms with Crippen LogP contribution in [0.3, 0.4) is 0 Å². The Bertz CT molecular complexity index is 372. The lowest BCUT2D eigenvalue weighted by atomic mass is 10.4. The Balaban J connectivity index is 2.89. The SMILES string of the molecule is C=CCN(CCO)c1nccc(C#N)n1. The van der Waals surface area contributed by atoms with E-state index in [4.69, 9.17) is 10.4 Å². The molecule has 0 aliphatic heterocycles. The molecular formula is C10H12N4O. The zero-order valence-corrected chi connectivity index (χ0v) is 8.30. The number of hydrogen-bond acceptors (Lipinski definition) is 5. The number of aromatic nitrogens is 2. The third-order valence-corrected chi connectivity index (χ3v) is 1.76. The van der Waals surface area contributed by atoms with E-state index in [1.54, 1.807) is 11.0 Å². The Morgan fingerprint density at radius 1 is 1.67 bits per heavy atom. The van der Waals surface area contributed by atoms with Gasteiger partial charge >= 0.3 is 0 Å². The first kappa shape index (κ1) is 11.1. The summed E-state index contributed by atoms with van der Waals surface area (Å²) in [6.07, 6.45) is 3.21. The van der Waals surface area contributed by atoms with Gasteiger partial charge in [0.1, 0.15) is 11.8 Å². The number of rotatable bonds is 5. The van der Waals surface area contributed by atoms with E-state index >= 15 is 0 Å². The van der Waals surface area contributed by atoms with Gasteiger partial charge in [-0.05, 0) is 6.07 Å². The number of nitrogens with zero attached hydrogens (tertiary/aromatic N) is 4. The van der Waals surface area contributed by atoms with Crippen molar-refractivity contribution in [3.05, 3.63) is 30.6 Å². The molecule has 0 aliphatic carbocycles. The molecule has 1 rings (SSSR count). The molecule has 0 saturated heterocycles. The maximum atomic E-state index is 8.85. The minimum Gasteiger partial charge on any atom is -0.395 e. The predicted molar refractivity (Wildman–Crippen MR) is 56.2 cm³/mol. The van der Waals surface area contributed by atoms with Crippen molar-refractivity contribution in [2.45, 2.75) is 0 Å². The number of anilines is 1. The first-order chi connectivity index (χ1) is 7.31. The molecule has 5 heteroatoms. The average Bonchev–Trinajstić information content (AvgIpc) is 2.29. The number of hydrogen-bond donors (Lipinski definition) is 1. The lowest BCUT2D eigenvalue weighted by molar-refractivity contribution is 0.302. The van der Waals surface area contributed by atoms with E-state index in [2.05, 4.69) is 16.5 Å². The normalized spacial score (nSPS) is 9.33. The third-order valence-electron chi connectivity index (χ3n) is 1.76. The first-order valence-corrected chi connectivity index (χ1v) is 4.51. The lowest BCUT2D eigenvalue weighted by Crippen LogP contribution is -2.28. The highest BCUT2D eigenvalue weighted by molar-refractivity contribution is 5.34. The average molecular weight is 204 g/mol. The quantitative estimate of drug-likeness (QED) is 0.700. The minimum absolute atomic E-state index is 0.00792. The molecule has 0 atom stereocenters. The standard InChI is InChI=1S/C10H12N4O/c1-2-5-14(6-7-15)10-12-4-3-9(8-11)13-10/h2-4,15H,1,5-7H2. The highest BCUT2D eigenvalue weighted by Gasteiger charge is 2.07. The van der Waals surface area contributed by atoms with Crippen molar-refractivity contribution in [2.24, 2.45) is 0 Å². The molecule has 0 amide bonds. The van der Waals surface area contributed by atoms with Crippen LogP contribution in [0.2, 0.25) is 0 Å². The number of aliphatic hydroxyl groups is 1. The molecule has 0 bridgehead atoms. The summed E-state index contributed by atoms with van der Waals surface area (Å²) in [5, 5.41) is 17.5. The van der Waals surface area contributed by atoms with Crippen LogP contribution in [0.1, 0.15) is 5.69 Å². The number of nitriles is 1. The van der Waals surface area contributed by atoms with E-state index in [0.29, 0.717) is 24.7 Å². The monoisotopic (exact) mass is 204 g/mol. The maximum absolute atomic E-state index is 8.85. The Kier molecular flexibility index (Phi) is 4.26. The summed E-state index contributed by atoms with van der Waals surface area (Å²) in [5.74, 6) is 0.433. The largest absolute Gasteiger partial charge is 0.395 e. The van der Waals surface area contributed by atoms with Crippen molar-refractivity contribution in [3.63, 3.8) is 0 Å². The van der Waals surface area contributed by atoms with Crippen LogP contribution in [0, 0.1) is 11.3 Å². The molecule has 0 fully saturated rings. The Morgan fingerprint density at radius 3 is 3.07 bits per heavy atom. The van der Waals surface area contributed by atoms with Gasteiger partial charge in [-0.15, -0.1) is 6.58 Å². The zero-order chi connectivity index (χ0) is 11.1. The predicted octanol–water partition coefficient (Wildman–Crippen LogP) is 0.333. The molecule has 1 aromatic rings. The molecule has 78 valence electrons. The molecule has 1 N–H and O–H groups in total. The summed E-state index contributed by atoms with van der Waals surface area (Å²) in [4.78, 5) is 9.80. The molecule has 0 aliphatic rings. The van der Waals surface area contributed by atoms with E-state index in [0.717, 1.165) is 0 Å². The van der Waals surface area contributed by atoms with Gasteiger partial charge in [0.2, 0.25) is 5.95 Å². The number of aliphatic hydroxyl groups excluding tert-OH is 1. The van der Waals surface area contributed by atoms with Crippen molar-refractivity contribution in [1.29, 1.82) is 5.26 Å². The van der Waals surface area contributed by atoms with Gasteiger partial charge in [0.25, 0.3) is 0 Å². The molecular weight excluding hydrogens is 192 g/mol. The van der Waals surface area contributed by atoms with E-state index < -0.39 is 0 Å². The Hall–Kier alpha value is -1.93. The highest BCUT2D eigenvalue weighted by Crippen LogP contribution is 2.06. The smallest absolute Gasteiger partial charge is 0.226 e. The molecule has 15 heavy (non-hydrogen) atoms. The Morgan fingerprint density at radius 2 is 2.47 bits per heavy atom. The van der Waals surface area contributed by atoms with E-state index in [9.17, 15) is 0 Å². The van der Waals surface area contributed by atoms with Gasteiger partial charge in [-0.25, -0.2) is 9.97 Å². The fourth-order valence-electron chi connectivity index (χ4n) is 1.11. The summed E-state index contributed by atoms with van der Waals surface area (Å²) in [6.45, 7) is 4.57. The minimum atomic E-state index is 0.00792. The van der Waals surface area contributed by atoms with Crippen molar-refractivity contribution in [3.8, 4) is 6.07 Å². The topological polar surface area (TPSA) is 73.0 Å². The zero-order valence-electron chi connectivity index (χ0n) is 8.30. The van der Waals surface area contributed by atoms with Gasteiger partial charge < -0.3 is 10.0 Å². The van der Waals surface area contributed by atoms with Crippen molar-refractivity contribution in [1.82, 2.24) is 9.97 Å². The molecule has 0 radical (unpaired) electrons. The summed E-state index contributed by atoms with van der Waals surface area (Å²) in [6, 6.07) is 3.48. The molecule has 0 aromatic carbocycles. The molecule has 0 unspecified atom stereocenters. The van der Waals surface area contributed by atoms with Crippen LogP contribution in [-0.4, -0.2) is 34.8 Å². The fraction of sp³-hybridized carbons (Fsp3) is 0.300. The van der Waals surface area contributed by atoms with Gasteiger partial charge in [0.15, 0.2) is 0 Å². The molecule has 0 spiro atoms. The highest BCUT2D eigenvalue weighted by atomic mass is 16.3. The molecule has 5 nitrogen and oxygen atoms in total. The van der Waals surface area contributed by atoms with Crippen LogP contribution in [0.4, 0.5) is 5.95 Å². The summed E-state index contributed by atoms with van der Waals surface area (Å²) >= 11 is 0. The van der Waals surface area contributed by atoms with Gasteiger partial charge in [-0.1, -0.05) is 6.08 Å². The van der Waals surface area contributed by atoms with Crippen molar-refractivity contribution >= 4 is 5.95 Å². The van der Waals surface area contributed by atoms with E-state index in [-0.39, 0.29) is 6.61 Å². The third kappa shape index (κ3) is 3.04. The first-order valence-electron chi connectivity index (χ1n) is 4.51. The van der Waals surface area contributed by atoms with Crippen LogP contribution < -0.4 is 4.90 Å². The van der Waals surface area contributed by atoms with Crippen LogP contribution in [0.15, 0.2) is 24.9 Å². The second kappa shape index (κ2) is 5.73. The maximum Gasteiger partial charge on any atom is 0.226 e. The molecule has 0 saturated carbocycles. The van der Waals surface area contributed by atoms with E-state index in [1.807, 2.05) is 6.07 Å². The van der Waals surface area contributed by atoms with Gasteiger partial charge in [-0.3, -0.25) is 0 Å². The van der Waals surface area contributed by atoms with Gasteiger partial charge in [-0.2, -0.15) is 5.26 Å². The van der Waals surface area contributed by atoms with Crippen molar-refractivity contribution < 1.29 is 5.11 Å². The molecule has 1 aromatic heterocycles. The van der Waals surface area contributed by atoms with Crippen LogP contribution >= 0.6 is 0 Å². The molecule has 1 heterocycles. The second-order valence-electron chi connectivity index (χ2n) is 2.81. The summed E-state index contributed by atoms with van der Waals surface area (Å²) < 4.78 is 0.